The maximum atomic E-state index is 10.7. The summed E-state index contributed by atoms with van der Waals surface area (Å²) >= 11 is 1.12. The second-order valence-corrected chi connectivity index (χ2v) is 5.07. The highest BCUT2D eigenvalue weighted by Crippen LogP contribution is 2.24. The highest BCUT2D eigenvalue weighted by Gasteiger charge is 2.10. The van der Waals surface area contributed by atoms with Crippen molar-refractivity contribution < 1.29 is 4.92 Å². The third-order valence-corrected chi connectivity index (χ3v) is 3.73. The minimum Gasteiger partial charge on any atom is -0.379 e. The lowest BCUT2D eigenvalue weighted by atomic mass is 10.2. The average Bonchev–Trinajstić information content (AvgIpc) is 3.17. The van der Waals surface area contributed by atoms with E-state index >= 15 is 0 Å². The van der Waals surface area contributed by atoms with Gasteiger partial charge in [0.05, 0.1) is 16.3 Å². The number of aromatic nitrogens is 4. The van der Waals surface area contributed by atoms with Crippen molar-refractivity contribution in [3.05, 3.63) is 57.7 Å². The molecule has 0 bridgehead atoms. The Balaban J connectivity index is 1.77. The van der Waals surface area contributed by atoms with Crippen molar-refractivity contribution in [2.45, 2.75) is 6.54 Å². The van der Waals surface area contributed by atoms with E-state index in [9.17, 15) is 10.1 Å². The Morgan fingerprint density at radius 2 is 2.24 bits per heavy atom. The summed E-state index contributed by atoms with van der Waals surface area (Å²) in [5.41, 5.74) is 2.52. The Labute approximate surface area is 123 Å². The normalized spacial score (nSPS) is 10.5. The third kappa shape index (κ3) is 2.87. The fraction of sp³-hybridized carbons (Fsp3) is 0.0833. The number of hydrogen-bond acceptors (Lipinski definition) is 7. The highest BCUT2D eigenvalue weighted by molar-refractivity contribution is 7.13. The van der Waals surface area contributed by atoms with Gasteiger partial charge in [-0.3, -0.25) is 10.1 Å². The summed E-state index contributed by atoms with van der Waals surface area (Å²) in [7, 11) is 0. The van der Waals surface area contributed by atoms with Crippen molar-refractivity contribution in [1.29, 1.82) is 0 Å². The van der Waals surface area contributed by atoms with Gasteiger partial charge in [-0.05, 0) is 28.1 Å². The number of tetrazole rings is 1. The van der Waals surface area contributed by atoms with Crippen LogP contribution in [-0.4, -0.2) is 25.1 Å². The molecule has 1 N–H and O–H groups in total. The molecule has 106 valence electrons. The standard InChI is InChI=1S/C12H10N6O2S/c19-18(20)12-5-9(7-21-12)6-13-10-3-1-2-4-11(10)17-8-14-15-16-17/h1-5,7-8,13H,6H2. The SMILES string of the molecule is O=[N+]([O-])c1cc(CNc2ccccc2-n2cnnn2)cs1. The molecule has 0 fully saturated rings. The molecule has 21 heavy (non-hydrogen) atoms. The number of benzene rings is 1. The molecule has 0 unspecified atom stereocenters. The first-order chi connectivity index (χ1) is 10.2. The van der Waals surface area contributed by atoms with Crippen molar-refractivity contribution in [2.75, 3.05) is 5.32 Å². The molecule has 1 aromatic carbocycles. The van der Waals surface area contributed by atoms with E-state index in [1.165, 1.54) is 6.33 Å². The van der Waals surface area contributed by atoms with Gasteiger partial charge < -0.3 is 5.32 Å². The van der Waals surface area contributed by atoms with Gasteiger partial charge in [0.15, 0.2) is 0 Å². The van der Waals surface area contributed by atoms with Crippen molar-refractivity contribution >= 4 is 22.0 Å². The molecule has 8 nitrogen and oxygen atoms in total. The van der Waals surface area contributed by atoms with Crippen LogP contribution in [0.5, 0.6) is 0 Å². The Bertz CT molecular complexity index is 755. The summed E-state index contributed by atoms with van der Waals surface area (Å²) in [6, 6.07) is 9.13. The number of nitro groups is 1. The van der Waals surface area contributed by atoms with E-state index in [0.29, 0.717) is 6.54 Å². The monoisotopic (exact) mass is 302 g/mol. The molecule has 3 rings (SSSR count). The van der Waals surface area contributed by atoms with Crippen molar-refractivity contribution in [2.24, 2.45) is 0 Å². The van der Waals surface area contributed by atoms with Crippen molar-refractivity contribution in [3.63, 3.8) is 0 Å². The van der Waals surface area contributed by atoms with Crippen molar-refractivity contribution in [1.82, 2.24) is 20.2 Å². The average molecular weight is 302 g/mol. The first-order valence-corrected chi connectivity index (χ1v) is 6.90. The molecule has 0 saturated heterocycles. The van der Waals surface area contributed by atoms with E-state index in [1.54, 1.807) is 16.1 Å². The predicted molar refractivity (Wildman–Crippen MR) is 77.5 cm³/mol. The summed E-state index contributed by atoms with van der Waals surface area (Å²) in [4.78, 5) is 10.3. The number of hydrogen-bond donors (Lipinski definition) is 1. The van der Waals surface area contributed by atoms with Crippen LogP contribution in [0.2, 0.25) is 0 Å². The number of rotatable bonds is 5. The topological polar surface area (TPSA) is 98.8 Å². The lowest BCUT2D eigenvalue weighted by Gasteiger charge is -2.10. The summed E-state index contributed by atoms with van der Waals surface area (Å²) in [5.74, 6) is 0. The maximum Gasteiger partial charge on any atom is 0.324 e. The molecule has 0 atom stereocenters. The highest BCUT2D eigenvalue weighted by atomic mass is 32.1. The van der Waals surface area contributed by atoms with Crippen LogP contribution in [0.15, 0.2) is 42.0 Å². The number of para-hydroxylation sites is 2. The van der Waals surface area contributed by atoms with Gasteiger partial charge in [0.1, 0.15) is 6.33 Å². The van der Waals surface area contributed by atoms with Crippen LogP contribution >= 0.6 is 11.3 Å². The molecule has 3 aromatic rings. The fourth-order valence-electron chi connectivity index (χ4n) is 1.84. The van der Waals surface area contributed by atoms with Crippen molar-refractivity contribution in [3.8, 4) is 5.69 Å². The number of nitrogens with zero attached hydrogens (tertiary/aromatic N) is 5. The smallest absolute Gasteiger partial charge is 0.324 e. The first-order valence-electron chi connectivity index (χ1n) is 6.02. The zero-order valence-corrected chi connectivity index (χ0v) is 11.5. The zero-order chi connectivity index (χ0) is 14.7. The summed E-state index contributed by atoms with van der Waals surface area (Å²) in [6.07, 6.45) is 1.51. The van der Waals surface area contributed by atoms with Crippen LogP contribution < -0.4 is 5.32 Å². The summed E-state index contributed by atoms with van der Waals surface area (Å²) in [6.45, 7) is 0.490. The van der Waals surface area contributed by atoms with Gasteiger partial charge in [0.25, 0.3) is 0 Å². The molecule has 0 radical (unpaired) electrons. The van der Waals surface area contributed by atoms with Crippen LogP contribution in [0.1, 0.15) is 5.56 Å². The number of anilines is 1. The molecule has 0 aliphatic heterocycles. The van der Waals surface area contributed by atoms with Crippen LogP contribution in [0, 0.1) is 10.1 Å². The third-order valence-electron chi connectivity index (χ3n) is 2.80. The minimum absolute atomic E-state index is 0.139. The van der Waals surface area contributed by atoms with Gasteiger partial charge in [-0.2, -0.15) is 4.68 Å². The number of nitrogens with one attached hydrogen (secondary N) is 1. The molecule has 2 heterocycles. The lowest BCUT2D eigenvalue weighted by Crippen LogP contribution is -2.04. The quantitative estimate of drug-likeness (QED) is 0.573. The molecule has 0 aliphatic carbocycles. The van der Waals surface area contributed by atoms with Gasteiger partial charge in [-0.25, -0.2) is 0 Å². The van der Waals surface area contributed by atoms with E-state index in [4.69, 9.17) is 0 Å². The van der Waals surface area contributed by atoms with Gasteiger partial charge in [0.2, 0.25) is 0 Å². The van der Waals surface area contributed by atoms with Crippen LogP contribution in [0.25, 0.3) is 5.69 Å². The number of thiophene rings is 1. The van der Waals surface area contributed by atoms with Crippen LogP contribution in [-0.2, 0) is 6.54 Å². The van der Waals surface area contributed by atoms with Gasteiger partial charge >= 0.3 is 5.00 Å². The first kappa shape index (κ1) is 13.2. The lowest BCUT2D eigenvalue weighted by molar-refractivity contribution is -0.380. The molecule has 0 aliphatic rings. The summed E-state index contributed by atoms with van der Waals surface area (Å²) < 4.78 is 1.55. The largest absolute Gasteiger partial charge is 0.379 e. The molecule has 0 amide bonds. The van der Waals surface area contributed by atoms with Crippen LogP contribution in [0.4, 0.5) is 10.7 Å². The molecule has 2 aromatic heterocycles. The molecule has 9 heteroatoms. The fourth-order valence-corrected chi connectivity index (χ4v) is 2.57. The van der Waals surface area contributed by atoms with Gasteiger partial charge in [-0.1, -0.05) is 23.5 Å². The van der Waals surface area contributed by atoms with E-state index in [2.05, 4.69) is 20.8 Å². The predicted octanol–water partition coefficient (Wildman–Crippen LogP) is 2.24. The molecule has 0 saturated carbocycles. The Morgan fingerprint density at radius 3 is 2.95 bits per heavy atom. The van der Waals surface area contributed by atoms with Crippen LogP contribution in [0.3, 0.4) is 0 Å². The Kier molecular flexibility index (Phi) is 3.56. The van der Waals surface area contributed by atoms with Gasteiger partial charge in [0, 0.05) is 18.0 Å². The Morgan fingerprint density at radius 1 is 1.38 bits per heavy atom. The molecular weight excluding hydrogens is 292 g/mol. The summed E-state index contributed by atoms with van der Waals surface area (Å²) in [5, 5.41) is 26.9. The van der Waals surface area contributed by atoms with E-state index < -0.39 is 0 Å². The second kappa shape index (κ2) is 5.67. The van der Waals surface area contributed by atoms with Gasteiger partial charge in [-0.15, -0.1) is 5.10 Å². The minimum atomic E-state index is -0.386. The van der Waals surface area contributed by atoms with E-state index in [0.717, 1.165) is 28.3 Å². The maximum absolute atomic E-state index is 10.7. The van der Waals surface area contributed by atoms with E-state index in [1.807, 2.05) is 24.3 Å². The Hall–Kier alpha value is -2.81. The molecule has 0 spiro atoms. The molecular formula is C12H10N6O2S. The van der Waals surface area contributed by atoms with E-state index in [-0.39, 0.29) is 9.92 Å². The second-order valence-electron chi connectivity index (χ2n) is 4.18. The zero-order valence-electron chi connectivity index (χ0n) is 10.7.